The molecule has 3 rings (SSSR count). The summed E-state index contributed by atoms with van der Waals surface area (Å²) >= 11 is 1.66. The van der Waals surface area contributed by atoms with E-state index in [1.165, 1.54) is 0 Å². The average molecular weight is 474 g/mol. The summed E-state index contributed by atoms with van der Waals surface area (Å²) in [6.07, 6.45) is 0.884. The summed E-state index contributed by atoms with van der Waals surface area (Å²) in [5.41, 5.74) is 7.87. The number of nitrogens with zero attached hydrogens (tertiary/aromatic N) is 2. The minimum absolute atomic E-state index is 0. The summed E-state index contributed by atoms with van der Waals surface area (Å²) in [5.74, 6) is 2.12. The van der Waals surface area contributed by atoms with Crippen molar-refractivity contribution >= 4 is 47.0 Å². The van der Waals surface area contributed by atoms with Crippen LogP contribution in [0.15, 0.2) is 28.6 Å². The molecule has 25 heavy (non-hydrogen) atoms. The maximum atomic E-state index is 5.99. The summed E-state index contributed by atoms with van der Waals surface area (Å²) in [4.78, 5) is 8.90. The third kappa shape index (κ3) is 5.46. The summed E-state index contributed by atoms with van der Waals surface area (Å²) in [6.45, 7) is 6.03. The number of benzene rings is 1. The smallest absolute Gasteiger partial charge is 0.193 e. The molecule has 1 unspecified atom stereocenters. The Labute approximate surface area is 168 Å². The first kappa shape index (κ1) is 19.8. The van der Waals surface area contributed by atoms with Crippen molar-refractivity contribution in [2.24, 2.45) is 10.7 Å². The minimum atomic E-state index is 0. The van der Waals surface area contributed by atoms with Crippen molar-refractivity contribution in [3.63, 3.8) is 0 Å². The van der Waals surface area contributed by atoms with Gasteiger partial charge in [-0.25, -0.2) is 4.98 Å². The molecular weight excluding hydrogens is 451 g/mol. The number of nitrogens with two attached hydrogens (primary N) is 1. The fourth-order valence-electron chi connectivity index (χ4n) is 2.34. The number of nitrogens with one attached hydrogen (secondary N) is 1. The highest BCUT2D eigenvalue weighted by Crippen LogP contribution is 2.32. The second-order valence-corrected chi connectivity index (χ2v) is 6.68. The number of fused-ring (bicyclic) bond motifs is 1. The molecule has 1 atom stereocenters. The van der Waals surface area contributed by atoms with Crippen LogP contribution in [0.5, 0.6) is 11.5 Å². The fraction of sp³-hybridized carbons (Fsp3) is 0.412. The van der Waals surface area contributed by atoms with Gasteiger partial charge in [0.25, 0.3) is 0 Å². The van der Waals surface area contributed by atoms with Crippen LogP contribution < -0.4 is 20.5 Å². The maximum absolute atomic E-state index is 5.99. The van der Waals surface area contributed by atoms with Crippen LogP contribution in [-0.4, -0.2) is 30.7 Å². The van der Waals surface area contributed by atoms with Gasteiger partial charge >= 0.3 is 0 Å². The lowest BCUT2D eigenvalue weighted by molar-refractivity contribution is 0.297. The summed E-state index contributed by atoms with van der Waals surface area (Å²) in [6, 6.07) is 5.68. The first-order chi connectivity index (χ1) is 11.6. The molecular formula is C17H23IN4O2S. The van der Waals surface area contributed by atoms with E-state index in [9.17, 15) is 0 Å². The van der Waals surface area contributed by atoms with E-state index in [1.54, 1.807) is 11.3 Å². The zero-order valence-corrected chi connectivity index (χ0v) is 17.5. The van der Waals surface area contributed by atoms with E-state index in [1.807, 2.05) is 25.1 Å². The Balaban J connectivity index is 0.00000225. The monoisotopic (exact) mass is 474 g/mol. The molecule has 0 spiro atoms. The van der Waals surface area contributed by atoms with Crippen LogP contribution in [0, 0.1) is 6.92 Å². The predicted octanol–water partition coefficient (Wildman–Crippen LogP) is 3.76. The van der Waals surface area contributed by atoms with Crippen molar-refractivity contribution in [1.29, 1.82) is 0 Å². The van der Waals surface area contributed by atoms with Gasteiger partial charge in [0.2, 0.25) is 0 Å². The largest absolute Gasteiger partial charge is 0.490 e. The first-order valence-corrected chi connectivity index (χ1v) is 8.88. The molecule has 0 radical (unpaired) electrons. The Hall–Kier alpha value is -1.55. The van der Waals surface area contributed by atoms with Crippen molar-refractivity contribution in [2.45, 2.75) is 26.2 Å². The van der Waals surface area contributed by atoms with Crippen molar-refractivity contribution in [2.75, 3.05) is 25.1 Å². The molecule has 3 N–H and O–H groups in total. The standard InChI is InChI=1S/C17H22N4O2S.HI/c1-11(16-20-12(2)10-24-16)9-19-17(18)21-13-4-5-14-15(8-13)23-7-3-6-22-14;/h4-5,8,10-11H,3,6-7,9H2,1-2H3,(H3,18,19,21);1H. The van der Waals surface area contributed by atoms with Gasteiger partial charge in [0, 0.05) is 35.2 Å². The van der Waals surface area contributed by atoms with Gasteiger partial charge in [-0.2, -0.15) is 0 Å². The molecule has 0 bridgehead atoms. The molecule has 1 aromatic heterocycles. The Bertz CT molecular complexity index is 735. The first-order valence-electron chi connectivity index (χ1n) is 8.00. The van der Waals surface area contributed by atoms with Gasteiger partial charge in [0.05, 0.1) is 24.8 Å². The number of hydrogen-bond acceptors (Lipinski definition) is 5. The Morgan fingerprint density at radius 2 is 2.12 bits per heavy atom. The number of aryl methyl sites for hydroxylation is 1. The quantitative estimate of drug-likeness (QED) is 0.401. The zero-order chi connectivity index (χ0) is 16.9. The van der Waals surface area contributed by atoms with Crippen LogP contribution in [0.2, 0.25) is 0 Å². The molecule has 1 aromatic carbocycles. The normalized spacial score (nSPS) is 15.0. The van der Waals surface area contributed by atoms with Gasteiger partial charge in [0.15, 0.2) is 17.5 Å². The van der Waals surface area contributed by atoms with Crippen LogP contribution in [0.1, 0.15) is 30.0 Å². The van der Waals surface area contributed by atoms with Crippen molar-refractivity contribution in [3.8, 4) is 11.5 Å². The summed E-state index contributed by atoms with van der Waals surface area (Å²) < 4.78 is 11.3. The number of guanidine groups is 1. The molecule has 2 aromatic rings. The molecule has 0 saturated carbocycles. The van der Waals surface area contributed by atoms with E-state index >= 15 is 0 Å². The van der Waals surface area contributed by atoms with Crippen LogP contribution in [0.4, 0.5) is 5.69 Å². The highest BCUT2D eigenvalue weighted by Gasteiger charge is 2.12. The van der Waals surface area contributed by atoms with Gasteiger partial charge < -0.3 is 20.5 Å². The van der Waals surface area contributed by atoms with E-state index < -0.39 is 0 Å². The van der Waals surface area contributed by atoms with Gasteiger partial charge in [-0.05, 0) is 19.1 Å². The molecule has 2 heterocycles. The molecule has 1 aliphatic rings. The lowest BCUT2D eigenvalue weighted by atomic mass is 10.2. The number of rotatable bonds is 4. The number of anilines is 1. The van der Waals surface area contributed by atoms with Gasteiger partial charge in [-0.3, -0.25) is 4.99 Å². The molecule has 0 fully saturated rings. The Morgan fingerprint density at radius 3 is 2.84 bits per heavy atom. The van der Waals surface area contributed by atoms with Gasteiger partial charge in [0.1, 0.15) is 0 Å². The molecule has 0 aliphatic carbocycles. The summed E-state index contributed by atoms with van der Waals surface area (Å²) in [7, 11) is 0. The number of thiazole rings is 1. The fourth-order valence-corrected chi connectivity index (χ4v) is 3.19. The summed E-state index contributed by atoms with van der Waals surface area (Å²) in [5, 5.41) is 6.23. The minimum Gasteiger partial charge on any atom is -0.490 e. The van der Waals surface area contributed by atoms with Crippen LogP contribution in [0.3, 0.4) is 0 Å². The van der Waals surface area contributed by atoms with Crippen molar-refractivity contribution < 1.29 is 9.47 Å². The van der Waals surface area contributed by atoms with E-state index in [4.69, 9.17) is 15.2 Å². The third-order valence-electron chi connectivity index (χ3n) is 3.61. The molecule has 6 nitrogen and oxygen atoms in total. The number of aliphatic imine (C=N–C) groups is 1. The van der Waals surface area contributed by atoms with Crippen molar-refractivity contribution in [1.82, 2.24) is 4.98 Å². The Kier molecular flexibility index (Phi) is 7.30. The third-order valence-corrected chi connectivity index (χ3v) is 4.81. The maximum Gasteiger partial charge on any atom is 0.193 e. The van der Waals surface area contributed by atoms with E-state index in [0.717, 1.165) is 34.3 Å². The predicted molar refractivity (Wildman–Crippen MR) is 113 cm³/mol. The second kappa shape index (κ2) is 9.23. The van der Waals surface area contributed by atoms with Gasteiger partial charge in [-0.15, -0.1) is 35.3 Å². The number of ether oxygens (including phenoxy) is 2. The topological polar surface area (TPSA) is 81.8 Å². The van der Waals surface area contributed by atoms with E-state index in [0.29, 0.717) is 25.7 Å². The van der Waals surface area contributed by atoms with E-state index in [2.05, 4.69) is 27.6 Å². The van der Waals surface area contributed by atoms with Crippen LogP contribution >= 0.6 is 35.3 Å². The highest BCUT2D eigenvalue weighted by molar-refractivity contribution is 14.0. The molecule has 0 amide bonds. The van der Waals surface area contributed by atoms with Crippen molar-refractivity contribution in [3.05, 3.63) is 34.3 Å². The Morgan fingerprint density at radius 1 is 1.36 bits per heavy atom. The number of hydrogen-bond donors (Lipinski definition) is 2. The average Bonchev–Trinajstić information content (AvgIpc) is 2.87. The molecule has 136 valence electrons. The lowest BCUT2D eigenvalue weighted by Crippen LogP contribution is -2.23. The molecule has 0 saturated heterocycles. The van der Waals surface area contributed by atoms with E-state index in [-0.39, 0.29) is 29.9 Å². The number of aromatic nitrogens is 1. The van der Waals surface area contributed by atoms with Crippen LogP contribution in [0.25, 0.3) is 0 Å². The lowest BCUT2D eigenvalue weighted by Gasteiger charge is -2.11. The van der Waals surface area contributed by atoms with Gasteiger partial charge in [-0.1, -0.05) is 6.92 Å². The molecule has 1 aliphatic heterocycles. The number of halogens is 1. The van der Waals surface area contributed by atoms with Crippen LogP contribution in [-0.2, 0) is 0 Å². The molecule has 8 heteroatoms. The SMILES string of the molecule is Cc1csc(C(C)CN=C(N)Nc2ccc3c(c2)OCCCO3)n1.I. The second-order valence-electron chi connectivity index (χ2n) is 5.79. The zero-order valence-electron chi connectivity index (χ0n) is 14.3. The highest BCUT2D eigenvalue weighted by atomic mass is 127.